The predicted molar refractivity (Wildman–Crippen MR) is 55.8 cm³/mol. The van der Waals surface area contributed by atoms with E-state index in [-0.39, 0.29) is 5.82 Å². The second-order valence-corrected chi connectivity index (χ2v) is 3.92. The van der Waals surface area contributed by atoms with Gasteiger partial charge in [-0.3, -0.25) is 0 Å². The molecule has 0 aliphatic carbocycles. The third-order valence-electron chi connectivity index (χ3n) is 2.37. The van der Waals surface area contributed by atoms with Crippen LogP contribution in [0.25, 0.3) is 0 Å². The van der Waals surface area contributed by atoms with Gasteiger partial charge in [-0.1, -0.05) is 23.4 Å². The van der Waals surface area contributed by atoms with Crippen molar-refractivity contribution in [1.82, 2.24) is 20.6 Å². The van der Waals surface area contributed by atoms with Gasteiger partial charge in [-0.15, -0.1) is 10.2 Å². The SMILES string of the molecule is CC(N)(Cc1ccccc1F)c1nn[nH]n1. The van der Waals surface area contributed by atoms with Gasteiger partial charge in [-0.05, 0) is 18.6 Å². The summed E-state index contributed by atoms with van der Waals surface area (Å²) >= 11 is 0. The number of aromatic amines is 1. The highest BCUT2D eigenvalue weighted by Crippen LogP contribution is 2.20. The van der Waals surface area contributed by atoms with E-state index in [1.807, 2.05) is 0 Å². The number of halogens is 1. The van der Waals surface area contributed by atoms with Crippen LogP contribution >= 0.6 is 0 Å². The minimum Gasteiger partial charge on any atom is -0.319 e. The predicted octanol–water partition coefficient (Wildman–Crippen LogP) is 0.755. The highest BCUT2D eigenvalue weighted by Gasteiger charge is 2.27. The number of tetrazole rings is 1. The molecular weight excluding hydrogens is 209 g/mol. The first-order chi connectivity index (χ1) is 7.59. The second kappa shape index (κ2) is 3.97. The van der Waals surface area contributed by atoms with Gasteiger partial charge in [0.05, 0.1) is 5.54 Å². The zero-order valence-corrected chi connectivity index (χ0v) is 8.81. The molecule has 0 saturated carbocycles. The molecule has 1 heterocycles. The minimum atomic E-state index is -0.838. The van der Waals surface area contributed by atoms with Gasteiger partial charge in [0, 0.05) is 6.42 Å². The molecule has 2 aromatic rings. The van der Waals surface area contributed by atoms with Crippen LogP contribution in [-0.4, -0.2) is 20.6 Å². The van der Waals surface area contributed by atoms with Gasteiger partial charge >= 0.3 is 0 Å². The van der Waals surface area contributed by atoms with Crippen molar-refractivity contribution in [3.05, 3.63) is 41.5 Å². The van der Waals surface area contributed by atoms with Crippen LogP contribution in [0.4, 0.5) is 4.39 Å². The van der Waals surface area contributed by atoms with Crippen LogP contribution in [-0.2, 0) is 12.0 Å². The molecule has 5 nitrogen and oxygen atoms in total. The molecule has 2 rings (SSSR count). The lowest BCUT2D eigenvalue weighted by atomic mass is 9.93. The molecule has 0 aliphatic heterocycles. The number of H-pyrrole nitrogens is 1. The van der Waals surface area contributed by atoms with E-state index in [1.165, 1.54) is 6.07 Å². The Balaban J connectivity index is 2.25. The fourth-order valence-electron chi connectivity index (χ4n) is 1.52. The highest BCUT2D eigenvalue weighted by atomic mass is 19.1. The number of nitrogens with two attached hydrogens (primary N) is 1. The number of benzene rings is 1. The molecule has 1 aromatic heterocycles. The van der Waals surface area contributed by atoms with Crippen molar-refractivity contribution in [2.75, 3.05) is 0 Å². The first kappa shape index (κ1) is 10.7. The molecule has 0 spiro atoms. The first-order valence-electron chi connectivity index (χ1n) is 4.86. The third-order valence-corrected chi connectivity index (χ3v) is 2.37. The van der Waals surface area contributed by atoms with Crippen LogP contribution in [0.3, 0.4) is 0 Å². The molecule has 0 saturated heterocycles. The molecule has 3 N–H and O–H groups in total. The van der Waals surface area contributed by atoms with E-state index in [2.05, 4.69) is 20.6 Å². The van der Waals surface area contributed by atoms with Gasteiger partial charge in [0.15, 0.2) is 5.82 Å². The summed E-state index contributed by atoms with van der Waals surface area (Å²) in [4.78, 5) is 0. The Labute approximate surface area is 91.9 Å². The second-order valence-electron chi connectivity index (χ2n) is 3.92. The maximum absolute atomic E-state index is 13.4. The number of hydrogen-bond donors (Lipinski definition) is 2. The van der Waals surface area contributed by atoms with E-state index in [0.29, 0.717) is 17.8 Å². The minimum absolute atomic E-state index is 0.275. The Morgan fingerprint density at radius 1 is 1.44 bits per heavy atom. The van der Waals surface area contributed by atoms with Gasteiger partial charge in [0.25, 0.3) is 0 Å². The fourth-order valence-corrected chi connectivity index (χ4v) is 1.52. The molecule has 84 valence electrons. The number of nitrogens with zero attached hydrogens (tertiary/aromatic N) is 3. The summed E-state index contributed by atoms with van der Waals surface area (Å²) in [6.45, 7) is 1.74. The van der Waals surface area contributed by atoms with Gasteiger partial charge in [-0.25, -0.2) is 4.39 Å². The van der Waals surface area contributed by atoms with Crippen LogP contribution in [0.2, 0.25) is 0 Å². The summed E-state index contributed by atoms with van der Waals surface area (Å²) < 4.78 is 13.4. The van der Waals surface area contributed by atoms with Crippen molar-refractivity contribution >= 4 is 0 Å². The van der Waals surface area contributed by atoms with E-state index < -0.39 is 5.54 Å². The molecular formula is C10H12FN5. The average molecular weight is 221 g/mol. The molecule has 16 heavy (non-hydrogen) atoms. The zero-order chi connectivity index (χ0) is 11.6. The van der Waals surface area contributed by atoms with Crippen molar-refractivity contribution in [3.8, 4) is 0 Å². The van der Waals surface area contributed by atoms with Gasteiger partial charge in [-0.2, -0.15) is 5.21 Å². The van der Waals surface area contributed by atoms with Crippen molar-refractivity contribution in [2.24, 2.45) is 5.73 Å². The first-order valence-corrected chi connectivity index (χ1v) is 4.86. The van der Waals surface area contributed by atoms with E-state index >= 15 is 0 Å². The van der Waals surface area contributed by atoms with Crippen molar-refractivity contribution in [1.29, 1.82) is 0 Å². The standard InChI is InChI=1S/C10H12FN5/c1-10(12,9-13-15-16-14-9)6-7-4-2-3-5-8(7)11/h2-5H,6,12H2,1H3,(H,13,14,15,16). The smallest absolute Gasteiger partial charge is 0.194 e. The Bertz CT molecular complexity index is 466. The molecule has 1 atom stereocenters. The van der Waals surface area contributed by atoms with E-state index in [0.717, 1.165) is 0 Å². The lowest BCUT2D eigenvalue weighted by Gasteiger charge is -2.20. The molecule has 6 heteroatoms. The Kier molecular flexibility index (Phi) is 2.66. The lowest BCUT2D eigenvalue weighted by molar-refractivity contribution is 0.447. The largest absolute Gasteiger partial charge is 0.319 e. The summed E-state index contributed by atoms with van der Waals surface area (Å²) in [5, 5.41) is 13.4. The highest BCUT2D eigenvalue weighted by molar-refractivity contribution is 5.21. The van der Waals surface area contributed by atoms with E-state index in [1.54, 1.807) is 25.1 Å². The maximum Gasteiger partial charge on any atom is 0.194 e. The molecule has 0 fully saturated rings. The van der Waals surface area contributed by atoms with E-state index in [9.17, 15) is 4.39 Å². The summed E-state index contributed by atoms with van der Waals surface area (Å²) in [6, 6.07) is 6.51. The van der Waals surface area contributed by atoms with Gasteiger partial charge in [0.1, 0.15) is 5.82 Å². The Morgan fingerprint density at radius 2 is 2.19 bits per heavy atom. The topological polar surface area (TPSA) is 80.5 Å². The molecule has 0 aliphatic rings. The lowest BCUT2D eigenvalue weighted by Crippen LogP contribution is -2.37. The maximum atomic E-state index is 13.4. The molecule has 1 unspecified atom stereocenters. The van der Waals surface area contributed by atoms with E-state index in [4.69, 9.17) is 5.73 Å². The number of aromatic nitrogens is 4. The number of rotatable bonds is 3. The summed E-state index contributed by atoms with van der Waals surface area (Å²) in [7, 11) is 0. The Morgan fingerprint density at radius 3 is 2.81 bits per heavy atom. The Hall–Kier alpha value is -1.82. The van der Waals surface area contributed by atoms with Crippen LogP contribution in [0, 0.1) is 5.82 Å². The monoisotopic (exact) mass is 221 g/mol. The molecule has 0 amide bonds. The van der Waals surface area contributed by atoms with Crippen LogP contribution < -0.4 is 5.73 Å². The quantitative estimate of drug-likeness (QED) is 0.801. The van der Waals surface area contributed by atoms with Crippen LogP contribution in [0.5, 0.6) is 0 Å². The van der Waals surface area contributed by atoms with Crippen molar-refractivity contribution in [3.63, 3.8) is 0 Å². The van der Waals surface area contributed by atoms with Crippen molar-refractivity contribution < 1.29 is 4.39 Å². The molecule has 0 bridgehead atoms. The van der Waals surface area contributed by atoms with Crippen molar-refractivity contribution in [2.45, 2.75) is 18.9 Å². The van der Waals surface area contributed by atoms with Crippen LogP contribution in [0.15, 0.2) is 24.3 Å². The summed E-state index contributed by atoms with van der Waals surface area (Å²) in [5.74, 6) is 0.0958. The normalized spacial score (nSPS) is 14.7. The van der Waals surface area contributed by atoms with Gasteiger partial charge < -0.3 is 5.73 Å². The third kappa shape index (κ3) is 2.06. The fraction of sp³-hybridized carbons (Fsp3) is 0.300. The number of hydrogen-bond acceptors (Lipinski definition) is 4. The molecule has 1 aromatic carbocycles. The zero-order valence-electron chi connectivity index (χ0n) is 8.81. The number of nitrogens with one attached hydrogen (secondary N) is 1. The molecule has 0 radical (unpaired) electrons. The summed E-state index contributed by atoms with van der Waals surface area (Å²) in [6.07, 6.45) is 0.319. The summed E-state index contributed by atoms with van der Waals surface area (Å²) in [5.41, 5.74) is 5.73. The van der Waals surface area contributed by atoms with Crippen LogP contribution in [0.1, 0.15) is 18.3 Å². The average Bonchev–Trinajstić information content (AvgIpc) is 2.75. The van der Waals surface area contributed by atoms with Gasteiger partial charge in [0.2, 0.25) is 0 Å².